The van der Waals surface area contributed by atoms with Crippen molar-refractivity contribution in [3.05, 3.63) is 0 Å². The quantitative estimate of drug-likeness (QED) is 0.539. The van der Waals surface area contributed by atoms with Gasteiger partial charge in [0.25, 0.3) is 0 Å². The fourth-order valence-corrected chi connectivity index (χ4v) is 0.760. The summed E-state index contributed by atoms with van der Waals surface area (Å²) in [6.07, 6.45) is -2.05. The lowest BCUT2D eigenvalue weighted by Gasteiger charge is -2.28. The molecule has 0 aromatic carbocycles. The molecule has 0 aromatic rings. The van der Waals surface area contributed by atoms with Crippen molar-refractivity contribution in [1.29, 1.82) is 0 Å². The third-order valence-corrected chi connectivity index (χ3v) is 2.47. The highest BCUT2D eigenvalue weighted by Gasteiger charge is 2.36. The highest BCUT2D eigenvalue weighted by Crippen LogP contribution is 2.31. The Morgan fingerprint density at radius 1 is 0.769 bits per heavy atom. The lowest BCUT2D eigenvalue weighted by atomic mass is 10.5. The maximum absolute atomic E-state index is 5.44. The van der Waals surface area contributed by atoms with Crippen LogP contribution in [0.5, 0.6) is 0 Å². The van der Waals surface area contributed by atoms with Gasteiger partial charge in [0.05, 0.1) is 0 Å². The van der Waals surface area contributed by atoms with Crippen LogP contribution < -0.4 is 16.8 Å². The van der Waals surface area contributed by atoms with E-state index in [1.165, 1.54) is 0 Å². The number of hydrogen-bond acceptors (Lipinski definition) is 3. The molecule has 13 heavy (non-hydrogen) atoms. The zero-order valence-electron chi connectivity index (χ0n) is 6.08. The molecular weight excluding hydrogens is 303 g/mol. The minimum Gasteiger partial charge on any atom is -0.312 e. The summed E-state index contributed by atoms with van der Waals surface area (Å²) >= 11 is 32.6. The molecule has 0 saturated heterocycles. The smallest absolute Gasteiger partial charge is 0.218 e. The van der Waals surface area contributed by atoms with E-state index in [4.69, 9.17) is 81.1 Å². The van der Waals surface area contributed by atoms with Gasteiger partial charge in [0, 0.05) is 0 Å². The molecule has 0 aliphatic rings. The molecule has 0 aliphatic heterocycles. The number of rotatable bonds is 2. The van der Waals surface area contributed by atoms with Crippen molar-refractivity contribution < 1.29 is 0 Å². The minimum atomic E-state index is -1.71. The molecule has 9 heteroatoms. The Morgan fingerprint density at radius 3 is 1.15 bits per heavy atom. The predicted octanol–water partition coefficient (Wildman–Crippen LogP) is 1.89. The normalized spacial score (nSPS) is 18.5. The van der Waals surface area contributed by atoms with E-state index in [2.05, 4.69) is 5.32 Å². The predicted molar refractivity (Wildman–Crippen MR) is 59.7 cm³/mol. The fraction of sp³-hybridized carbons (Fsp3) is 1.00. The van der Waals surface area contributed by atoms with Gasteiger partial charge < -0.3 is 11.5 Å². The van der Waals surface area contributed by atoms with Gasteiger partial charge in [-0.25, -0.2) is 0 Å². The molecule has 2 atom stereocenters. The lowest BCUT2D eigenvalue weighted by molar-refractivity contribution is 0.447. The van der Waals surface area contributed by atoms with Crippen LogP contribution in [-0.2, 0) is 0 Å². The first-order valence-electron chi connectivity index (χ1n) is 2.96. The largest absolute Gasteiger partial charge is 0.312 e. The van der Waals surface area contributed by atoms with Gasteiger partial charge in [-0.3, -0.25) is 5.32 Å². The number of nitrogens with two attached hydrogens (primary N) is 2. The minimum absolute atomic E-state index is 1.02. The summed E-state index contributed by atoms with van der Waals surface area (Å²) in [6, 6.07) is 0. The molecule has 0 fully saturated rings. The Labute approximate surface area is 106 Å². The third-order valence-electron chi connectivity index (χ3n) is 1.06. The van der Waals surface area contributed by atoms with E-state index in [-0.39, 0.29) is 0 Å². The Kier molecular flexibility index (Phi) is 5.74. The van der Waals surface area contributed by atoms with Crippen molar-refractivity contribution in [1.82, 2.24) is 5.32 Å². The second-order valence-electron chi connectivity index (χ2n) is 2.21. The van der Waals surface area contributed by atoms with Crippen LogP contribution in [0.3, 0.4) is 0 Å². The van der Waals surface area contributed by atoms with Gasteiger partial charge in [0.1, 0.15) is 12.3 Å². The average molecular weight is 310 g/mol. The highest BCUT2D eigenvalue weighted by molar-refractivity contribution is 6.68. The van der Waals surface area contributed by atoms with Crippen LogP contribution in [0.15, 0.2) is 0 Å². The van der Waals surface area contributed by atoms with Gasteiger partial charge in [0.15, 0.2) is 0 Å². The number of nitrogens with one attached hydrogen (secondary N) is 1. The van der Waals surface area contributed by atoms with Gasteiger partial charge in [0.2, 0.25) is 7.59 Å². The van der Waals surface area contributed by atoms with Gasteiger partial charge in [-0.1, -0.05) is 69.6 Å². The van der Waals surface area contributed by atoms with Crippen molar-refractivity contribution >= 4 is 69.6 Å². The van der Waals surface area contributed by atoms with E-state index in [1.54, 1.807) is 0 Å². The Balaban J connectivity index is 4.15. The van der Waals surface area contributed by atoms with E-state index in [1.807, 2.05) is 0 Å². The van der Waals surface area contributed by atoms with E-state index < -0.39 is 19.9 Å². The SMILES string of the molecule is NC(NC(N)C(Cl)(Cl)Cl)C(Cl)(Cl)Cl. The lowest BCUT2D eigenvalue weighted by Crippen LogP contribution is -2.59. The standard InChI is InChI=1S/C4H7Cl6N3/c5-3(6,7)1(11)13-2(12)4(8,9)10/h1-2,13H,11-12H2. The Bertz CT molecular complexity index is 144. The van der Waals surface area contributed by atoms with Crippen molar-refractivity contribution in [2.75, 3.05) is 0 Å². The fourth-order valence-electron chi connectivity index (χ4n) is 0.382. The van der Waals surface area contributed by atoms with Crippen LogP contribution in [0, 0.1) is 0 Å². The molecule has 0 saturated carbocycles. The van der Waals surface area contributed by atoms with Crippen LogP contribution in [0.2, 0.25) is 0 Å². The van der Waals surface area contributed by atoms with E-state index in [0.717, 1.165) is 0 Å². The molecule has 0 spiro atoms. The van der Waals surface area contributed by atoms with Gasteiger partial charge >= 0.3 is 0 Å². The van der Waals surface area contributed by atoms with Crippen molar-refractivity contribution in [3.8, 4) is 0 Å². The van der Waals surface area contributed by atoms with Crippen molar-refractivity contribution in [3.63, 3.8) is 0 Å². The second kappa shape index (κ2) is 5.10. The molecule has 0 radical (unpaired) electrons. The molecule has 5 N–H and O–H groups in total. The molecular formula is C4H7Cl6N3. The number of alkyl halides is 6. The summed E-state index contributed by atoms with van der Waals surface area (Å²) in [4.78, 5) is 0. The first kappa shape index (κ1) is 14.6. The summed E-state index contributed by atoms with van der Waals surface area (Å²) in [6.45, 7) is 0. The monoisotopic (exact) mass is 307 g/mol. The van der Waals surface area contributed by atoms with Gasteiger partial charge in [-0.2, -0.15) is 0 Å². The molecule has 0 aromatic heterocycles. The molecule has 0 aliphatic carbocycles. The van der Waals surface area contributed by atoms with E-state index >= 15 is 0 Å². The van der Waals surface area contributed by atoms with Crippen molar-refractivity contribution in [2.24, 2.45) is 11.5 Å². The topological polar surface area (TPSA) is 64.1 Å². The zero-order valence-corrected chi connectivity index (χ0v) is 10.6. The molecule has 80 valence electrons. The highest BCUT2D eigenvalue weighted by atomic mass is 35.6. The number of hydrogen-bond donors (Lipinski definition) is 3. The summed E-state index contributed by atoms with van der Waals surface area (Å²) in [5.41, 5.74) is 10.8. The first-order chi connectivity index (χ1) is 5.55. The van der Waals surface area contributed by atoms with Crippen LogP contribution in [0.1, 0.15) is 0 Å². The molecule has 0 heterocycles. The maximum atomic E-state index is 5.44. The maximum Gasteiger partial charge on any atom is 0.218 e. The second-order valence-corrected chi connectivity index (χ2v) is 6.94. The average Bonchev–Trinajstić information content (AvgIpc) is 1.82. The van der Waals surface area contributed by atoms with Crippen molar-refractivity contribution in [2.45, 2.75) is 19.9 Å². The van der Waals surface area contributed by atoms with E-state index in [0.29, 0.717) is 0 Å². The van der Waals surface area contributed by atoms with Crippen LogP contribution in [-0.4, -0.2) is 19.9 Å². The molecule has 0 bridgehead atoms. The van der Waals surface area contributed by atoms with Gasteiger partial charge in [-0.15, -0.1) is 0 Å². The molecule has 0 rings (SSSR count). The van der Waals surface area contributed by atoms with E-state index in [9.17, 15) is 0 Å². The summed E-state index contributed by atoms with van der Waals surface area (Å²) in [5.74, 6) is 0. The summed E-state index contributed by atoms with van der Waals surface area (Å²) < 4.78 is -3.43. The molecule has 0 amide bonds. The van der Waals surface area contributed by atoms with Crippen LogP contribution in [0.4, 0.5) is 0 Å². The molecule has 2 unspecified atom stereocenters. The van der Waals surface area contributed by atoms with Crippen LogP contribution >= 0.6 is 69.6 Å². The molecule has 3 nitrogen and oxygen atoms in total. The Hall–Kier alpha value is 1.62. The summed E-state index contributed by atoms with van der Waals surface area (Å²) in [7, 11) is 0. The zero-order chi connectivity index (χ0) is 10.9. The number of halogens is 6. The van der Waals surface area contributed by atoms with Crippen LogP contribution in [0.25, 0.3) is 0 Å². The first-order valence-corrected chi connectivity index (χ1v) is 5.22. The third kappa shape index (κ3) is 5.92. The van der Waals surface area contributed by atoms with Gasteiger partial charge in [-0.05, 0) is 0 Å². The summed E-state index contributed by atoms with van der Waals surface area (Å²) in [5, 5.41) is 2.42. The Morgan fingerprint density at radius 2 is 1.00 bits per heavy atom.